The Bertz CT molecular complexity index is 4320. The van der Waals surface area contributed by atoms with Crippen molar-refractivity contribution in [1.82, 2.24) is 8.80 Å². The molecule has 74 heavy (non-hydrogen) atoms. The number of hydrogen-bond acceptors (Lipinski definition) is 0. The summed E-state index contributed by atoms with van der Waals surface area (Å²) in [6.07, 6.45) is 0. The summed E-state index contributed by atoms with van der Waals surface area (Å²) >= 11 is 0. The van der Waals surface area contributed by atoms with E-state index >= 15 is 0 Å². The van der Waals surface area contributed by atoms with Crippen LogP contribution in [0.3, 0.4) is 0 Å². The highest BCUT2D eigenvalue weighted by atomic mass is 15.0. The molecule has 0 radical (unpaired) electrons. The molecule has 0 aliphatic rings. The highest BCUT2D eigenvalue weighted by molar-refractivity contribution is 6.28. The monoisotopic (exact) mass is 938 g/mol. The molecule has 0 unspecified atom stereocenters. The van der Waals surface area contributed by atoms with Crippen molar-refractivity contribution in [2.45, 2.75) is 0 Å². The molecule has 0 aliphatic heterocycles. The van der Waals surface area contributed by atoms with Gasteiger partial charge in [0.05, 0.1) is 33.1 Å². The van der Waals surface area contributed by atoms with E-state index in [1.165, 1.54) is 144 Å². The molecule has 344 valence electrons. The Morgan fingerprint density at radius 1 is 0.176 bits per heavy atom. The molecule has 15 aromatic rings. The maximum absolute atomic E-state index is 2.58. The van der Waals surface area contributed by atoms with Crippen molar-refractivity contribution in [2.75, 3.05) is 0 Å². The molecule has 0 aliphatic carbocycles. The SMILES string of the molecule is c1ccc(-c2ccccc2-c2ccc3c(c2)c2c(-c4ccccc4-c4ccccc4)ccc4c2n3c2ccc(-c3ccccc3-c3ccccc3)c3c5cc(-c6ccccc6-c6ccccc6)ccc5n4c32)cc1. The summed E-state index contributed by atoms with van der Waals surface area (Å²) < 4.78 is 5.17. The van der Waals surface area contributed by atoms with E-state index in [0.717, 1.165) is 0 Å². The summed E-state index contributed by atoms with van der Waals surface area (Å²) in [7, 11) is 0. The van der Waals surface area contributed by atoms with E-state index in [-0.39, 0.29) is 0 Å². The van der Waals surface area contributed by atoms with E-state index in [9.17, 15) is 0 Å². The first-order chi connectivity index (χ1) is 36.8. The Labute approximate surface area is 429 Å². The van der Waals surface area contributed by atoms with Gasteiger partial charge in [-0.2, -0.15) is 0 Å². The third-order valence-electron chi connectivity index (χ3n) is 15.5. The van der Waals surface area contributed by atoms with Crippen molar-refractivity contribution in [3.63, 3.8) is 0 Å². The minimum absolute atomic E-state index is 1.17. The average Bonchev–Trinajstić information content (AvgIpc) is 4.04. The summed E-state index contributed by atoms with van der Waals surface area (Å²) in [6, 6.07) is 103. The summed E-state index contributed by atoms with van der Waals surface area (Å²) in [6.45, 7) is 0. The Kier molecular flexibility index (Phi) is 9.61. The van der Waals surface area contributed by atoms with E-state index in [0.29, 0.717) is 0 Å². The van der Waals surface area contributed by atoms with Gasteiger partial charge in [0.15, 0.2) is 0 Å². The van der Waals surface area contributed by atoms with Gasteiger partial charge in [-0.05, 0) is 125 Å². The van der Waals surface area contributed by atoms with Gasteiger partial charge in [0, 0.05) is 21.5 Å². The van der Waals surface area contributed by atoms with Crippen molar-refractivity contribution in [3.8, 4) is 89.0 Å². The lowest BCUT2D eigenvalue weighted by molar-refractivity contribution is 1.26. The molecule has 12 aromatic carbocycles. The fraction of sp³-hybridized carbons (Fsp3) is 0. The lowest BCUT2D eigenvalue weighted by atomic mass is 9.90. The van der Waals surface area contributed by atoms with Crippen LogP contribution in [0.15, 0.2) is 279 Å². The number of aromatic nitrogens is 2. The molecular weight excluding hydrogens is 893 g/mol. The second kappa shape index (κ2) is 16.9. The van der Waals surface area contributed by atoms with Crippen LogP contribution in [0.4, 0.5) is 0 Å². The van der Waals surface area contributed by atoms with Gasteiger partial charge in [-0.3, -0.25) is 0 Å². The van der Waals surface area contributed by atoms with Crippen molar-refractivity contribution < 1.29 is 0 Å². The second-order valence-corrected chi connectivity index (χ2v) is 19.5. The van der Waals surface area contributed by atoms with Crippen molar-refractivity contribution in [3.05, 3.63) is 279 Å². The zero-order chi connectivity index (χ0) is 48.7. The second-order valence-electron chi connectivity index (χ2n) is 19.5. The number of nitrogens with zero attached hydrogens (tertiary/aromatic N) is 2. The van der Waals surface area contributed by atoms with E-state index in [4.69, 9.17) is 0 Å². The third kappa shape index (κ3) is 6.45. The van der Waals surface area contributed by atoms with Crippen LogP contribution in [0.25, 0.3) is 144 Å². The van der Waals surface area contributed by atoms with E-state index in [1.54, 1.807) is 0 Å². The molecule has 0 spiro atoms. The van der Waals surface area contributed by atoms with Crippen molar-refractivity contribution >= 4 is 54.6 Å². The Balaban J connectivity index is 1.09. The van der Waals surface area contributed by atoms with Crippen LogP contribution < -0.4 is 0 Å². The van der Waals surface area contributed by atoms with Gasteiger partial charge < -0.3 is 8.80 Å². The molecule has 0 N–H and O–H groups in total. The zero-order valence-corrected chi connectivity index (χ0v) is 40.5. The quantitative estimate of drug-likeness (QED) is 0.134. The molecule has 0 saturated carbocycles. The number of fused-ring (bicyclic) bond motifs is 8. The predicted octanol–water partition coefficient (Wildman–Crippen LogP) is 19.6. The fourth-order valence-corrected chi connectivity index (χ4v) is 12.3. The lowest BCUT2D eigenvalue weighted by Gasteiger charge is -2.16. The van der Waals surface area contributed by atoms with Gasteiger partial charge in [-0.25, -0.2) is 0 Å². The van der Waals surface area contributed by atoms with Crippen LogP contribution in [0.2, 0.25) is 0 Å². The Morgan fingerprint density at radius 3 is 0.757 bits per heavy atom. The van der Waals surface area contributed by atoms with Crippen LogP contribution in [0.1, 0.15) is 0 Å². The average molecular weight is 939 g/mol. The van der Waals surface area contributed by atoms with E-state index < -0.39 is 0 Å². The maximum Gasteiger partial charge on any atom is 0.0789 e. The first-order valence-corrected chi connectivity index (χ1v) is 25.6. The third-order valence-corrected chi connectivity index (χ3v) is 15.5. The van der Waals surface area contributed by atoms with Crippen molar-refractivity contribution in [2.24, 2.45) is 0 Å². The summed E-state index contributed by atoms with van der Waals surface area (Å²) in [4.78, 5) is 0. The largest absolute Gasteiger partial charge is 0.305 e. The highest BCUT2D eigenvalue weighted by Crippen LogP contribution is 2.50. The maximum atomic E-state index is 2.58. The lowest BCUT2D eigenvalue weighted by Crippen LogP contribution is -1.98. The van der Waals surface area contributed by atoms with Gasteiger partial charge in [0.2, 0.25) is 0 Å². The minimum atomic E-state index is 1.17. The van der Waals surface area contributed by atoms with Gasteiger partial charge in [-0.15, -0.1) is 0 Å². The zero-order valence-electron chi connectivity index (χ0n) is 40.5. The number of benzene rings is 12. The summed E-state index contributed by atoms with van der Waals surface area (Å²) in [5.74, 6) is 0. The van der Waals surface area contributed by atoms with Crippen molar-refractivity contribution in [1.29, 1.82) is 0 Å². The molecule has 0 amide bonds. The first kappa shape index (κ1) is 42.0. The number of hydrogen-bond donors (Lipinski definition) is 0. The minimum Gasteiger partial charge on any atom is -0.305 e. The Hall–Kier alpha value is -9.76. The molecule has 2 heteroatoms. The van der Waals surface area contributed by atoms with E-state index in [1.807, 2.05) is 0 Å². The van der Waals surface area contributed by atoms with Gasteiger partial charge >= 0.3 is 0 Å². The van der Waals surface area contributed by atoms with Crippen LogP contribution in [0, 0.1) is 0 Å². The van der Waals surface area contributed by atoms with Crippen LogP contribution in [-0.2, 0) is 0 Å². The van der Waals surface area contributed by atoms with Gasteiger partial charge in [0.1, 0.15) is 0 Å². The first-order valence-electron chi connectivity index (χ1n) is 25.6. The number of rotatable bonds is 8. The van der Waals surface area contributed by atoms with Gasteiger partial charge in [0.25, 0.3) is 0 Å². The molecule has 0 fully saturated rings. The van der Waals surface area contributed by atoms with Crippen LogP contribution >= 0.6 is 0 Å². The topological polar surface area (TPSA) is 8.82 Å². The summed E-state index contributed by atoms with van der Waals surface area (Å²) in [5, 5.41) is 4.93. The molecule has 0 saturated heterocycles. The predicted molar refractivity (Wildman–Crippen MR) is 313 cm³/mol. The molecule has 3 aromatic heterocycles. The molecular formula is C72H46N2. The standard InChI is InChI=1S/C72H46N2/c1-5-21-47(22-6-1)53-29-13-15-33-57(53)51-37-41-65-63(45-51)69-61(59-35-19-17-31-55(59)49-25-9-3-10-26-49)39-43-67-71(69)73(65)68-44-40-62(60-36-20-18-32-56(60)50-27-11-4-12-28-50)70-64-46-52(38-42-66(64)74(67)72(68)70)58-34-16-14-30-54(58)48-23-7-2-8-24-48/h1-46H. The van der Waals surface area contributed by atoms with Crippen LogP contribution in [-0.4, -0.2) is 8.80 Å². The molecule has 2 nitrogen and oxygen atoms in total. The van der Waals surface area contributed by atoms with E-state index in [2.05, 4.69) is 288 Å². The highest BCUT2D eigenvalue weighted by Gasteiger charge is 2.27. The molecule has 15 rings (SSSR count). The smallest absolute Gasteiger partial charge is 0.0789 e. The summed E-state index contributed by atoms with van der Waals surface area (Å²) in [5.41, 5.74) is 26.4. The molecule has 0 bridgehead atoms. The normalized spacial score (nSPS) is 11.8. The van der Waals surface area contributed by atoms with Gasteiger partial charge in [-0.1, -0.05) is 243 Å². The molecule has 0 atom stereocenters. The molecule has 3 heterocycles. The fourth-order valence-electron chi connectivity index (χ4n) is 12.3. The Morgan fingerprint density at radius 2 is 0.432 bits per heavy atom. The van der Waals surface area contributed by atoms with Crippen LogP contribution in [0.5, 0.6) is 0 Å².